The molecule has 0 aliphatic carbocycles. The summed E-state index contributed by atoms with van der Waals surface area (Å²) in [5.74, 6) is 0. The monoisotopic (exact) mass is 1600 g/mol. The van der Waals surface area contributed by atoms with Gasteiger partial charge < -0.3 is 37.2 Å². The lowest BCUT2D eigenvalue weighted by Crippen LogP contribution is -2.61. The normalized spacial score (nSPS) is 13.0. The van der Waals surface area contributed by atoms with E-state index in [1.165, 1.54) is 92.7 Å². The molecule has 0 radical (unpaired) electrons. The molecule has 9 heteroatoms. The molecular formula is C116H83BN8. The van der Waals surface area contributed by atoms with Crippen molar-refractivity contribution in [3.8, 4) is 45.3 Å². The average molecular weight is 1600 g/mol. The maximum absolute atomic E-state index is 2.71. The van der Waals surface area contributed by atoms with E-state index in [1.54, 1.807) is 0 Å². The van der Waals surface area contributed by atoms with Gasteiger partial charge >= 0.3 is 0 Å². The highest BCUT2D eigenvalue weighted by molar-refractivity contribution is 7.00. The number of anilines is 6. The van der Waals surface area contributed by atoms with Gasteiger partial charge in [-0.2, -0.15) is 0 Å². The molecule has 0 unspecified atom stereocenters. The lowest BCUT2D eigenvalue weighted by molar-refractivity contribution is 0.569. The van der Waals surface area contributed by atoms with Gasteiger partial charge in [0.1, 0.15) is 0 Å². The Morgan fingerprint density at radius 3 is 0.776 bits per heavy atom. The topological polar surface area (TPSA) is 36.1 Å². The third-order valence-corrected chi connectivity index (χ3v) is 27.4. The Bertz CT molecular complexity index is 8020. The SMILES string of the molecule is CC(C)(C)c1cc(-c2cc3c4c(c2)N(c2cccc5c6cc(-n7c8ccccc8c8ccccc87)ccc6n(-c6ccccc6)c25)c2cc(-n5c6ccccc6c6ccccc65)ccc2B4c2ccc(-n4c5ccccc5c5ccccc54)cc2N3c2cccc3c4cc(-n5c6ccccc6c6ccccc65)ccc4n(-c4ccccc4)c23)cc(C(C)(C)C)c1. The van der Waals surface area contributed by atoms with Crippen LogP contribution in [0.2, 0.25) is 0 Å². The molecular weight excluding hydrogens is 1520 g/mol. The smallest absolute Gasteiger partial charge is 0.252 e. The van der Waals surface area contributed by atoms with Gasteiger partial charge in [0, 0.05) is 122 Å². The minimum atomic E-state index is -0.307. The molecule has 0 saturated carbocycles. The maximum Gasteiger partial charge on any atom is 0.252 e. The van der Waals surface area contributed by atoms with Gasteiger partial charge in [-0.1, -0.05) is 278 Å². The lowest BCUT2D eigenvalue weighted by atomic mass is 9.33. The van der Waals surface area contributed by atoms with Crippen molar-refractivity contribution in [2.24, 2.45) is 0 Å². The van der Waals surface area contributed by atoms with E-state index in [0.717, 1.165) is 145 Å². The number of nitrogens with zero attached hydrogens (tertiary/aromatic N) is 8. The standard InChI is InChI=1S/C116H83BN8/c1-115(2,3)74-63-72(64-75(67-74)116(4,5)6)73-65-110-112-111(66-73)125(107-54-30-44-91-93-69-79(58-62-105(93)123(114(91)107)77-33-11-8-12-34-77)119-98-47-23-15-37-84(98)85-38-16-24-48-99(85)119)109-71-81(121-102-51-27-19-41-88(102)89-42-20-28-52-103(89)121)56-60-95(109)117(112)94-59-55-80(120-100-49-25-17-39-86(100)87-40-18-26-50-101(87)120)70-108(94)124(110)106-53-29-43-90-92-68-78(57-61-104(92)122(113(90)106)76-31-9-7-10-32-76)118-96-45-21-13-35-82(96)83-36-14-22-46-97(83)118/h7-71H,1-6H3. The van der Waals surface area contributed by atoms with E-state index in [2.05, 4.69) is 473 Å². The average Bonchev–Trinajstić information content (AvgIpc) is 1.61. The molecule has 0 atom stereocenters. The molecule has 0 spiro atoms. The van der Waals surface area contributed by atoms with Crippen molar-refractivity contribution in [2.75, 3.05) is 9.80 Å². The maximum atomic E-state index is 2.71. The quantitative estimate of drug-likeness (QED) is 0.135. The first-order valence-electron chi connectivity index (χ1n) is 43.7. The number of rotatable bonds is 9. The van der Waals surface area contributed by atoms with Crippen LogP contribution in [0.15, 0.2) is 394 Å². The third-order valence-electron chi connectivity index (χ3n) is 27.4. The second kappa shape index (κ2) is 26.5. The van der Waals surface area contributed by atoms with Crippen LogP contribution in [0.5, 0.6) is 0 Å². The lowest BCUT2D eigenvalue weighted by Gasteiger charge is -2.45. The zero-order valence-corrected chi connectivity index (χ0v) is 70.2. The fourth-order valence-electron chi connectivity index (χ4n) is 21.8. The largest absolute Gasteiger partial charge is 0.309 e. The van der Waals surface area contributed by atoms with Crippen LogP contribution in [0.1, 0.15) is 52.7 Å². The minimum Gasteiger partial charge on any atom is -0.309 e. The molecule has 2 aliphatic rings. The van der Waals surface area contributed by atoms with Gasteiger partial charge in [0.05, 0.1) is 77.6 Å². The molecule has 8 heterocycles. The van der Waals surface area contributed by atoms with Crippen molar-refractivity contribution in [1.82, 2.24) is 27.4 Å². The second-order valence-electron chi connectivity index (χ2n) is 36.4. The molecule has 0 fully saturated rings. The van der Waals surface area contributed by atoms with Crippen molar-refractivity contribution in [2.45, 2.75) is 52.4 Å². The first-order valence-corrected chi connectivity index (χ1v) is 43.7. The summed E-state index contributed by atoms with van der Waals surface area (Å²) in [5, 5.41) is 14.4. The van der Waals surface area contributed by atoms with Crippen LogP contribution in [0.25, 0.3) is 176 Å². The van der Waals surface area contributed by atoms with Gasteiger partial charge in [0.2, 0.25) is 0 Å². The number of hydrogen-bond donors (Lipinski definition) is 0. The number of fused-ring (bicyclic) bond motifs is 22. The third kappa shape index (κ3) is 10.4. The van der Waals surface area contributed by atoms with Gasteiger partial charge in [-0.3, -0.25) is 0 Å². The molecule has 0 saturated heterocycles. The Morgan fingerprint density at radius 2 is 0.456 bits per heavy atom. The predicted octanol–water partition coefficient (Wildman–Crippen LogP) is 28.6. The number of benzene rings is 18. The molecule has 0 amide bonds. The molecule has 24 aromatic rings. The van der Waals surface area contributed by atoms with E-state index in [9.17, 15) is 0 Å². The summed E-state index contributed by atoms with van der Waals surface area (Å²) in [6.07, 6.45) is 0. The highest BCUT2D eigenvalue weighted by Gasteiger charge is 2.46. The van der Waals surface area contributed by atoms with E-state index >= 15 is 0 Å². The summed E-state index contributed by atoms with van der Waals surface area (Å²) in [6, 6.07) is 150. The molecule has 125 heavy (non-hydrogen) atoms. The Hall–Kier alpha value is -15.6. The Morgan fingerprint density at radius 1 is 0.184 bits per heavy atom. The zero-order valence-electron chi connectivity index (χ0n) is 70.2. The Balaban J connectivity index is 0.825. The number of para-hydroxylation sites is 12. The van der Waals surface area contributed by atoms with Gasteiger partial charge in [0.15, 0.2) is 0 Å². The molecule has 0 bridgehead atoms. The Kier molecular flexibility index (Phi) is 15.1. The molecule has 0 N–H and O–H groups in total. The van der Waals surface area contributed by atoms with Gasteiger partial charge in [-0.15, -0.1) is 0 Å². The summed E-state index contributed by atoms with van der Waals surface area (Å²) in [7, 11) is 0. The van der Waals surface area contributed by atoms with E-state index in [0.29, 0.717) is 0 Å². The molecule has 2 aliphatic heterocycles. The first kappa shape index (κ1) is 71.2. The van der Waals surface area contributed by atoms with E-state index in [1.807, 2.05) is 0 Å². The van der Waals surface area contributed by atoms with E-state index < -0.39 is 0 Å². The zero-order chi connectivity index (χ0) is 83.0. The minimum absolute atomic E-state index is 0.199. The van der Waals surface area contributed by atoms with Crippen LogP contribution in [0.4, 0.5) is 34.1 Å². The first-order chi connectivity index (χ1) is 61.3. The van der Waals surface area contributed by atoms with E-state index in [-0.39, 0.29) is 17.5 Å². The highest BCUT2D eigenvalue weighted by atomic mass is 15.2. The summed E-state index contributed by atoms with van der Waals surface area (Å²) in [4.78, 5) is 5.43. The van der Waals surface area contributed by atoms with Crippen molar-refractivity contribution >= 4 is 188 Å². The second-order valence-corrected chi connectivity index (χ2v) is 36.4. The van der Waals surface area contributed by atoms with Crippen LogP contribution in [-0.4, -0.2) is 34.1 Å². The molecule has 26 rings (SSSR count). The summed E-state index contributed by atoms with van der Waals surface area (Å²) in [6.45, 7) is 13.9. The number of aromatic nitrogens is 6. The summed E-state index contributed by atoms with van der Waals surface area (Å²) in [5.41, 5.74) is 34.9. The van der Waals surface area contributed by atoms with Crippen molar-refractivity contribution in [3.63, 3.8) is 0 Å². The highest BCUT2D eigenvalue weighted by Crippen LogP contribution is 2.54. The molecule has 18 aromatic carbocycles. The predicted molar refractivity (Wildman–Crippen MR) is 529 cm³/mol. The Labute approximate surface area is 723 Å². The summed E-state index contributed by atoms with van der Waals surface area (Å²) >= 11 is 0. The van der Waals surface area contributed by atoms with E-state index in [4.69, 9.17) is 0 Å². The van der Waals surface area contributed by atoms with Crippen LogP contribution in [0, 0.1) is 0 Å². The summed E-state index contributed by atoms with van der Waals surface area (Å²) < 4.78 is 15.1. The van der Waals surface area contributed by atoms with Crippen molar-refractivity contribution in [3.05, 3.63) is 405 Å². The van der Waals surface area contributed by atoms with Crippen molar-refractivity contribution in [1.29, 1.82) is 0 Å². The van der Waals surface area contributed by atoms with Gasteiger partial charge in [-0.05, 0) is 207 Å². The fourth-order valence-corrected chi connectivity index (χ4v) is 21.8. The van der Waals surface area contributed by atoms with Crippen LogP contribution < -0.4 is 26.2 Å². The van der Waals surface area contributed by atoms with Crippen LogP contribution in [-0.2, 0) is 10.8 Å². The fraction of sp³-hybridized carbons (Fsp3) is 0.0690. The van der Waals surface area contributed by atoms with Crippen LogP contribution in [0.3, 0.4) is 0 Å². The van der Waals surface area contributed by atoms with Crippen molar-refractivity contribution < 1.29 is 0 Å². The van der Waals surface area contributed by atoms with Crippen LogP contribution >= 0.6 is 0 Å². The molecule has 590 valence electrons. The molecule has 6 aromatic heterocycles. The number of hydrogen-bond acceptors (Lipinski definition) is 2. The van der Waals surface area contributed by atoms with Gasteiger partial charge in [-0.25, -0.2) is 0 Å². The van der Waals surface area contributed by atoms with Gasteiger partial charge in [0.25, 0.3) is 6.71 Å². The molecule has 8 nitrogen and oxygen atoms in total.